The lowest BCUT2D eigenvalue weighted by molar-refractivity contribution is 0.632. The fraction of sp³-hybridized carbons (Fsp3) is 0. The molecule has 0 spiro atoms. The van der Waals surface area contributed by atoms with Gasteiger partial charge in [-0.05, 0) is 45.9 Å². The molecule has 7 rings (SSSR count). The van der Waals surface area contributed by atoms with Crippen LogP contribution in [0.4, 0.5) is 0 Å². The maximum atomic E-state index is 6.99. The topological polar surface area (TPSA) is 18.5 Å². The molecule has 0 saturated carbocycles. The Hall–Kier alpha value is -4.27. The van der Waals surface area contributed by atoms with E-state index in [0.717, 1.165) is 37.3 Å². The predicted molar refractivity (Wildman–Crippen MR) is 209 cm³/mol. The van der Waals surface area contributed by atoms with Crippen LogP contribution in [0.3, 0.4) is 0 Å². The first kappa shape index (κ1) is 31.3. The molecule has 0 fully saturated rings. The first-order valence-electron chi connectivity index (χ1n) is 15.4. The quantitative estimate of drug-likeness (QED) is 0.102. The highest BCUT2D eigenvalue weighted by molar-refractivity contribution is 14.1. The van der Waals surface area contributed by atoms with Crippen molar-refractivity contribution < 1.29 is 9.05 Å². The summed E-state index contributed by atoms with van der Waals surface area (Å²) in [6, 6.07) is 65.4. The summed E-state index contributed by atoms with van der Waals surface area (Å²) in [5, 5.41) is 4.69. The summed E-state index contributed by atoms with van der Waals surface area (Å²) >= 11 is 2.49. The molecule has 7 aromatic rings. The Labute approximate surface area is 292 Å². The third-order valence-electron chi connectivity index (χ3n) is 7.70. The highest BCUT2D eigenvalue weighted by Gasteiger charge is 2.22. The van der Waals surface area contributed by atoms with Crippen molar-refractivity contribution in [2.75, 3.05) is 0 Å². The SMILES string of the molecule is Ic1c(-c2ccccc2OP(c2ccccc2)c2ccccc2)cccc1-c1ccccc1OP(c1ccccc1)c1ccccc1. The number of benzene rings is 7. The standard InChI is InChI=1S/C42H31IO2P2/c43-42-38(36-26-13-15-30-40(36)44-46(32-18-5-1-6-19-32)33-20-7-2-8-21-33)28-17-29-39(42)37-27-14-16-31-41(37)45-47(34-22-9-3-10-23-34)35-24-11-4-12-25-35/h1-31H. The van der Waals surface area contributed by atoms with E-state index in [-0.39, 0.29) is 0 Å². The molecule has 2 nitrogen and oxygen atoms in total. The van der Waals surface area contributed by atoms with Crippen molar-refractivity contribution in [3.8, 4) is 33.8 Å². The summed E-state index contributed by atoms with van der Waals surface area (Å²) in [6.07, 6.45) is 0. The molecule has 5 heteroatoms. The first-order chi connectivity index (χ1) is 23.3. The van der Waals surface area contributed by atoms with Gasteiger partial charge in [-0.1, -0.05) is 176 Å². The molecule has 0 aromatic heterocycles. The molecule has 0 aliphatic heterocycles. The van der Waals surface area contributed by atoms with Crippen LogP contribution < -0.4 is 30.3 Å². The van der Waals surface area contributed by atoms with E-state index in [4.69, 9.17) is 9.05 Å². The molecule has 0 aliphatic rings. The van der Waals surface area contributed by atoms with Gasteiger partial charge in [-0.3, -0.25) is 0 Å². The normalized spacial score (nSPS) is 11.0. The van der Waals surface area contributed by atoms with Crippen LogP contribution in [0.15, 0.2) is 188 Å². The van der Waals surface area contributed by atoms with Crippen LogP contribution in [-0.4, -0.2) is 0 Å². The van der Waals surface area contributed by atoms with Crippen molar-refractivity contribution in [2.24, 2.45) is 0 Å². The molecule has 0 aliphatic carbocycles. The third-order valence-corrected chi connectivity index (χ3v) is 12.7. The summed E-state index contributed by atoms with van der Waals surface area (Å²) in [5.41, 5.74) is 4.37. The van der Waals surface area contributed by atoms with Crippen molar-refractivity contribution in [3.63, 3.8) is 0 Å². The molecule has 0 atom stereocenters. The zero-order valence-corrected chi connectivity index (χ0v) is 29.4. The average Bonchev–Trinajstić information content (AvgIpc) is 3.15. The van der Waals surface area contributed by atoms with Gasteiger partial charge in [0.15, 0.2) is 16.3 Å². The molecule has 228 valence electrons. The summed E-state index contributed by atoms with van der Waals surface area (Å²) in [4.78, 5) is 0. The Morgan fingerprint density at radius 1 is 0.298 bits per heavy atom. The Morgan fingerprint density at radius 2 is 0.574 bits per heavy atom. The second-order valence-corrected chi connectivity index (χ2v) is 15.5. The minimum Gasteiger partial charge on any atom is -0.464 e. The Morgan fingerprint density at radius 3 is 0.915 bits per heavy atom. The summed E-state index contributed by atoms with van der Waals surface area (Å²) in [7, 11) is -2.15. The van der Waals surface area contributed by atoms with Crippen LogP contribution in [0.25, 0.3) is 22.3 Å². The molecule has 0 bridgehead atoms. The van der Waals surface area contributed by atoms with E-state index < -0.39 is 16.3 Å². The molecule has 0 saturated heterocycles. The molecule has 0 unspecified atom stereocenters. The van der Waals surface area contributed by atoms with Gasteiger partial charge < -0.3 is 9.05 Å². The van der Waals surface area contributed by atoms with Crippen LogP contribution in [0, 0.1) is 3.57 Å². The van der Waals surface area contributed by atoms with Gasteiger partial charge in [0.2, 0.25) is 0 Å². The lowest BCUT2D eigenvalue weighted by Gasteiger charge is -2.23. The van der Waals surface area contributed by atoms with Crippen molar-refractivity contribution in [1.82, 2.24) is 0 Å². The maximum absolute atomic E-state index is 6.99. The largest absolute Gasteiger partial charge is 0.464 e. The van der Waals surface area contributed by atoms with E-state index in [0.29, 0.717) is 0 Å². The number of hydrogen-bond donors (Lipinski definition) is 0. The summed E-state index contributed by atoms with van der Waals surface area (Å²) in [6.45, 7) is 0. The van der Waals surface area contributed by atoms with Gasteiger partial charge in [-0.15, -0.1) is 0 Å². The molecule has 0 heterocycles. The van der Waals surface area contributed by atoms with Gasteiger partial charge >= 0.3 is 0 Å². The highest BCUT2D eigenvalue weighted by atomic mass is 127. The summed E-state index contributed by atoms with van der Waals surface area (Å²) in [5.74, 6) is 1.73. The minimum absolute atomic E-state index is 0.864. The number of halogens is 1. The van der Waals surface area contributed by atoms with Gasteiger partial charge in [0, 0.05) is 35.9 Å². The van der Waals surface area contributed by atoms with Crippen LogP contribution in [0.2, 0.25) is 0 Å². The number of hydrogen-bond acceptors (Lipinski definition) is 2. The Bertz CT molecular complexity index is 1830. The predicted octanol–water partition coefficient (Wildman–Crippen LogP) is 10.5. The van der Waals surface area contributed by atoms with Crippen molar-refractivity contribution in [2.45, 2.75) is 0 Å². The lowest BCUT2D eigenvalue weighted by atomic mass is 9.98. The molecular weight excluding hydrogens is 725 g/mol. The highest BCUT2D eigenvalue weighted by Crippen LogP contribution is 2.46. The Kier molecular flexibility index (Phi) is 10.1. The molecule has 0 N–H and O–H groups in total. The average molecular weight is 757 g/mol. The zero-order valence-electron chi connectivity index (χ0n) is 25.5. The van der Waals surface area contributed by atoms with E-state index in [1.165, 1.54) is 21.2 Å². The second-order valence-electron chi connectivity index (χ2n) is 10.8. The minimum atomic E-state index is -1.07. The van der Waals surface area contributed by atoms with Crippen molar-refractivity contribution >= 4 is 60.1 Å². The van der Waals surface area contributed by atoms with Gasteiger partial charge in [0.25, 0.3) is 0 Å². The van der Waals surface area contributed by atoms with Crippen LogP contribution in [0.5, 0.6) is 11.5 Å². The molecule has 47 heavy (non-hydrogen) atoms. The van der Waals surface area contributed by atoms with Crippen LogP contribution in [0.1, 0.15) is 0 Å². The van der Waals surface area contributed by atoms with E-state index in [9.17, 15) is 0 Å². The Balaban J connectivity index is 1.28. The molecule has 0 radical (unpaired) electrons. The maximum Gasteiger partial charge on any atom is 0.150 e. The van der Waals surface area contributed by atoms with Crippen LogP contribution >= 0.6 is 38.9 Å². The van der Waals surface area contributed by atoms with E-state index >= 15 is 0 Å². The second kappa shape index (κ2) is 15.1. The van der Waals surface area contributed by atoms with Gasteiger partial charge in [0.05, 0.1) is 0 Å². The van der Waals surface area contributed by atoms with Crippen molar-refractivity contribution in [1.29, 1.82) is 0 Å². The lowest BCUT2D eigenvalue weighted by Crippen LogP contribution is -2.15. The summed E-state index contributed by atoms with van der Waals surface area (Å²) < 4.78 is 15.1. The smallest absolute Gasteiger partial charge is 0.150 e. The molecule has 7 aromatic carbocycles. The number of para-hydroxylation sites is 2. The fourth-order valence-electron chi connectivity index (χ4n) is 5.44. The van der Waals surface area contributed by atoms with Crippen LogP contribution in [-0.2, 0) is 0 Å². The van der Waals surface area contributed by atoms with E-state index in [2.05, 4.69) is 211 Å². The van der Waals surface area contributed by atoms with E-state index in [1.807, 2.05) is 0 Å². The van der Waals surface area contributed by atoms with E-state index in [1.54, 1.807) is 0 Å². The van der Waals surface area contributed by atoms with Crippen molar-refractivity contribution in [3.05, 3.63) is 192 Å². The van der Waals surface area contributed by atoms with Gasteiger partial charge in [-0.25, -0.2) is 0 Å². The molecule has 0 amide bonds. The fourth-order valence-corrected chi connectivity index (χ4v) is 9.89. The van der Waals surface area contributed by atoms with Gasteiger partial charge in [-0.2, -0.15) is 0 Å². The first-order valence-corrected chi connectivity index (χ1v) is 19.0. The van der Waals surface area contributed by atoms with Gasteiger partial charge in [0.1, 0.15) is 11.5 Å². The monoisotopic (exact) mass is 756 g/mol. The number of rotatable bonds is 10. The third kappa shape index (κ3) is 7.19. The molecular formula is C42H31IO2P2. The zero-order chi connectivity index (χ0) is 31.8.